The van der Waals surface area contributed by atoms with Gasteiger partial charge in [-0.05, 0) is 88.3 Å². The molecule has 2 N–H and O–H groups in total. The van der Waals surface area contributed by atoms with Crippen molar-refractivity contribution < 1.29 is 40.4 Å². The molecule has 0 spiro atoms. The van der Waals surface area contributed by atoms with E-state index in [2.05, 4.69) is 30.6 Å². The highest BCUT2D eigenvalue weighted by Crippen LogP contribution is 2.49. The molecule has 0 saturated heterocycles. The molecule has 0 fully saturated rings. The Balaban J connectivity index is 0.000000838. The number of anilines is 1. The van der Waals surface area contributed by atoms with E-state index in [0.29, 0.717) is 19.4 Å². The molecule has 0 radical (unpaired) electrons. The van der Waals surface area contributed by atoms with Crippen LogP contribution >= 0.6 is 0 Å². The summed E-state index contributed by atoms with van der Waals surface area (Å²) in [5.74, 6) is -0.837. The summed E-state index contributed by atoms with van der Waals surface area (Å²) in [6.07, 6.45) is 7.87. The first-order valence-corrected chi connectivity index (χ1v) is 19.5. The zero-order chi connectivity index (χ0) is 36.9. The first kappa shape index (κ1) is 40.1. The fourth-order valence-electron chi connectivity index (χ4n) is 6.65. The van der Waals surface area contributed by atoms with Crippen molar-refractivity contribution in [3.8, 4) is 0 Å². The minimum absolute atomic E-state index is 0.0950. The maximum absolute atomic E-state index is 11.9. The van der Waals surface area contributed by atoms with Crippen LogP contribution in [0.25, 0.3) is 0 Å². The first-order valence-electron chi connectivity index (χ1n) is 16.7. The summed E-state index contributed by atoms with van der Waals surface area (Å²) < 4.78 is 70.4. The topological polar surface area (TPSA) is 158 Å². The Morgan fingerprint density at radius 3 is 2.02 bits per heavy atom. The van der Waals surface area contributed by atoms with Crippen LogP contribution in [0.1, 0.15) is 85.3 Å². The lowest BCUT2D eigenvalue weighted by Crippen LogP contribution is -2.27. The maximum atomic E-state index is 11.9. The third kappa shape index (κ3) is 9.06. The van der Waals surface area contributed by atoms with E-state index in [0.717, 1.165) is 40.3 Å². The van der Waals surface area contributed by atoms with E-state index in [1.807, 2.05) is 57.5 Å². The lowest BCUT2D eigenvalue weighted by atomic mass is 9.81. The molecule has 2 heterocycles. The molecular formula is C36H51N3O8S2. The minimum Gasteiger partial charge on any atom is -0.744 e. The van der Waals surface area contributed by atoms with Crippen LogP contribution < -0.4 is 4.90 Å². The predicted molar refractivity (Wildman–Crippen MR) is 192 cm³/mol. The molecule has 13 heteroatoms. The quantitative estimate of drug-likeness (QED) is 0.141. The average Bonchev–Trinajstić information content (AvgIpc) is 3.34. The normalized spacial score (nSPS) is 17.4. The van der Waals surface area contributed by atoms with Crippen molar-refractivity contribution in [2.75, 3.05) is 38.1 Å². The fourth-order valence-corrected chi connectivity index (χ4v) is 7.65. The lowest BCUT2D eigenvalue weighted by molar-refractivity contribution is -0.401. The SMILES string of the molecule is CCN(CC)CC.C[N+]1=C(/C=C/C=C2\N(CCCCCC(=O)O)c3ccc(S(=O)(=O)O)cc3C2(C)C)C(C)(C)c2cc(S(=O)(=O)[O-])ccc21. The summed E-state index contributed by atoms with van der Waals surface area (Å²) in [6, 6.07) is 8.94. The smallest absolute Gasteiger partial charge is 0.303 e. The summed E-state index contributed by atoms with van der Waals surface area (Å²) in [6.45, 7) is 18.6. The zero-order valence-corrected chi connectivity index (χ0v) is 31.5. The van der Waals surface area contributed by atoms with Gasteiger partial charge in [0.2, 0.25) is 5.69 Å². The molecule has 0 unspecified atom stereocenters. The summed E-state index contributed by atoms with van der Waals surface area (Å²) in [4.78, 5) is 14.9. The Kier molecular flexibility index (Phi) is 12.8. The number of hydrogen-bond donors (Lipinski definition) is 2. The molecule has 0 aromatic heterocycles. The predicted octanol–water partition coefficient (Wildman–Crippen LogP) is 6.07. The number of unbranched alkanes of at least 4 members (excludes halogenated alkanes) is 2. The highest BCUT2D eigenvalue weighted by atomic mass is 32.2. The van der Waals surface area contributed by atoms with Crippen LogP contribution in [0.5, 0.6) is 0 Å². The zero-order valence-electron chi connectivity index (χ0n) is 29.9. The van der Waals surface area contributed by atoms with Gasteiger partial charge >= 0.3 is 5.97 Å². The van der Waals surface area contributed by atoms with Gasteiger partial charge in [-0.1, -0.05) is 47.1 Å². The second-order valence-electron chi connectivity index (χ2n) is 13.4. The van der Waals surface area contributed by atoms with E-state index in [1.165, 1.54) is 43.9 Å². The molecule has 0 saturated carbocycles. The number of carbonyl (C=O) groups is 1. The van der Waals surface area contributed by atoms with E-state index in [1.54, 1.807) is 12.1 Å². The number of fused-ring (bicyclic) bond motifs is 2. The van der Waals surface area contributed by atoms with Crippen molar-refractivity contribution >= 4 is 43.3 Å². The van der Waals surface area contributed by atoms with Gasteiger partial charge in [0, 0.05) is 47.5 Å². The third-order valence-electron chi connectivity index (χ3n) is 9.58. The van der Waals surface area contributed by atoms with E-state index in [-0.39, 0.29) is 16.2 Å². The molecule has 0 bridgehead atoms. The molecule has 0 aliphatic carbocycles. The molecule has 2 aromatic carbocycles. The van der Waals surface area contributed by atoms with Gasteiger partial charge in [-0.3, -0.25) is 9.35 Å². The van der Waals surface area contributed by atoms with Gasteiger partial charge < -0.3 is 19.5 Å². The second-order valence-corrected chi connectivity index (χ2v) is 16.2. The van der Waals surface area contributed by atoms with Crippen LogP contribution in [-0.4, -0.2) is 85.4 Å². The van der Waals surface area contributed by atoms with E-state index in [9.17, 15) is 30.7 Å². The molecular weight excluding hydrogens is 667 g/mol. The molecule has 0 amide bonds. The van der Waals surface area contributed by atoms with E-state index in [4.69, 9.17) is 5.11 Å². The van der Waals surface area contributed by atoms with Crippen molar-refractivity contribution in [1.29, 1.82) is 0 Å². The van der Waals surface area contributed by atoms with Crippen LogP contribution in [0, 0.1) is 0 Å². The Morgan fingerprint density at radius 2 is 1.49 bits per heavy atom. The largest absolute Gasteiger partial charge is 0.744 e. The lowest BCUT2D eigenvalue weighted by Gasteiger charge is -2.27. The van der Waals surface area contributed by atoms with Gasteiger partial charge in [-0.2, -0.15) is 13.0 Å². The Bertz CT molecular complexity index is 1850. The second kappa shape index (κ2) is 15.7. The number of carboxylic acid groups (broad SMARTS) is 1. The number of benzene rings is 2. The van der Waals surface area contributed by atoms with Gasteiger partial charge in [-0.25, -0.2) is 8.42 Å². The number of nitrogens with zero attached hydrogens (tertiary/aromatic N) is 3. The van der Waals surface area contributed by atoms with Crippen LogP contribution in [0.3, 0.4) is 0 Å². The van der Waals surface area contributed by atoms with Crippen molar-refractivity contribution in [3.05, 3.63) is 71.5 Å². The van der Waals surface area contributed by atoms with Crippen LogP contribution in [0.2, 0.25) is 0 Å². The van der Waals surface area contributed by atoms with Gasteiger partial charge in [0.1, 0.15) is 17.2 Å². The van der Waals surface area contributed by atoms with Crippen molar-refractivity contribution in [2.45, 2.75) is 94.8 Å². The van der Waals surface area contributed by atoms with Crippen molar-refractivity contribution in [1.82, 2.24) is 4.90 Å². The standard InChI is InChI=1S/C30H36N2O8S2.C6H15N/c1-29(2)22-18-20(41(35,36)37)13-15-24(22)31(5)26(29)10-9-11-27-30(3,4)23-19-21(42(38,39)40)14-16-25(23)32(27)17-8-6-7-12-28(33)34;1-4-7(5-2)6-3/h9-11,13-16,18-19H,6-8,12,17H2,1-5H3,(H2-,33,34,35,36,37,38,39,40);4-6H2,1-3H3. The number of allylic oxidation sites excluding steroid dienone is 4. The highest BCUT2D eigenvalue weighted by Gasteiger charge is 2.44. The summed E-state index contributed by atoms with van der Waals surface area (Å²) in [5.41, 5.74) is 3.65. The maximum Gasteiger partial charge on any atom is 0.303 e. The molecule has 270 valence electrons. The monoisotopic (exact) mass is 717 g/mol. The van der Waals surface area contributed by atoms with Gasteiger partial charge in [-0.15, -0.1) is 0 Å². The number of rotatable bonds is 13. The molecule has 0 atom stereocenters. The highest BCUT2D eigenvalue weighted by molar-refractivity contribution is 7.86. The van der Waals surface area contributed by atoms with Gasteiger partial charge in [0.15, 0.2) is 5.71 Å². The number of aliphatic carboxylic acids is 1. The summed E-state index contributed by atoms with van der Waals surface area (Å²) in [7, 11) is -7.13. The Morgan fingerprint density at radius 1 is 0.898 bits per heavy atom. The van der Waals surface area contributed by atoms with Crippen molar-refractivity contribution in [2.24, 2.45) is 0 Å². The Hall–Kier alpha value is -3.36. The summed E-state index contributed by atoms with van der Waals surface area (Å²) in [5, 5.41) is 8.96. The Labute approximate surface area is 292 Å². The number of carboxylic acids is 1. The molecule has 2 aliphatic heterocycles. The molecule has 2 aliphatic rings. The van der Waals surface area contributed by atoms with Crippen molar-refractivity contribution in [3.63, 3.8) is 0 Å². The summed E-state index contributed by atoms with van der Waals surface area (Å²) >= 11 is 0. The molecule has 4 rings (SSSR count). The van der Waals surface area contributed by atoms with Crippen LogP contribution in [-0.2, 0) is 35.9 Å². The van der Waals surface area contributed by atoms with E-state index >= 15 is 0 Å². The van der Waals surface area contributed by atoms with Gasteiger partial charge in [0.05, 0.1) is 15.2 Å². The molecule has 2 aromatic rings. The van der Waals surface area contributed by atoms with Gasteiger partial charge in [0.25, 0.3) is 10.1 Å². The minimum atomic E-state index is -4.60. The third-order valence-corrected chi connectivity index (χ3v) is 11.3. The first-order chi connectivity index (χ1) is 22.7. The van der Waals surface area contributed by atoms with E-state index < -0.39 is 37.0 Å². The number of hydrogen-bond acceptors (Lipinski definition) is 8. The molecule has 49 heavy (non-hydrogen) atoms. The van der Waals surface area contributed by atoms with Crippen LogP contribution in [0.15, 0.2) is 70.1 Å². The van der Waals surface area contributed by atoms with Crippen LogP contribution in [0.4, 0.5) is 11.4 Å². The average molecular weight is 718 g/mol. The fraction of sp³-hybridized carbons (Fsp3) is 0.500. The molecule has 11 nitrogen and oxygen atoms in total.